The Morgan fingerprint density at radius 2 is 1.79 bits per heavy atom. The van der Waals surface area contributed by atoms with Crippen molar-refractivity contribution in [3.05, 3.63) is 98.3 Å². The minimum Gasteiger partial charge on any atom is -0.507 e. The van der Waals surface area contributed by atoms with Crippen molar-refractivity contribution in [1.29, 1.82) is 0 Å². The molecule has 0 unspecified atom stereocenters. The second-order valence-electron chi connectivity index (χ2n) is 11.5. The van der Waals surface area contributed by atoms with Gasteiger partial charge in [-0.3, -0.25) is 14.5 Å². The Hall–Kier alpha value is -3.52. The third kappa shape index (κ3) is 5.87. The maximum atomic E-state index is 13.6. The first-order chi connectivity index (χ1) is 20.2. The fourth-order valence-corrected chi connectivity index (χ4v) is 7.44. The number of aryl methyl sites for hydroxylation is 2. The van der Waals surface area contributed by atoms with Gasteiger partial charge in [0.15, 0.2) is 0 Å². The molecule has 220 valence electrons. The highest BCUT2D eigenvalue weighted by Gasteiger charge is 2.54. The summed E-state index contributed by atoms with van der Waals surface area (Å²) in [4.78, 5) is 29.3. The molecular formula is C35H39NO5S. The molecule has 0 bridgehead atoms. The lowest BCUT2D eigenvalue weighted by molar-refractivity contribution is -0.140. The Bertz CT molecular complexity index is 1480. The molecule has 1 aliphatic carbocycles. The Labute approximate surface area is 251 Å². The highest BCUT2D eigenvalue weighted by atomic mass is 32.1. The molecule has 1 fully saturated rings. The number of thiophene rings is 1. The number of fused-ring (bicyclic) bond motifs is 1. The number of carbonyl (C=O) groups excluding carboxylic acids is 2. The second kappa shape index (κ2) is 12.8. The van der Waals surface area contributed by atoms with E-state index in [-0.39, 0.29) is 25.0 Å². The molecule has 2 aliphatic rings. The van der Waals surface area contributed by atoms with Gasteiger partial charge >= 0.3 is 0 Å². The summed E-state index contributed by atoms with van der Waals surface area (Å²) in [6.45, 7) is 5.72. The van der Waals surface area contributed by atoms with Gasteiger partial charge in [-0.1, -0.05) is 55.0 Å². The van der Waals surface area contributed by atoms with Crippen molar-refractivity contribution >= 4 is 34.8 Å². The summed E-state index contributed by atoms with van der Waals surface area (Å²) in [7, 11) is 0. The summed E-state index contributed by atoms with van der Waals surface area (Å²) in [5.41, 5.74) is 6.36. The quantitative estimate of drug-likeness (QED) is 0.148. The number of phenolic OH excluding ortho intramolecular Hbond substituents is 1. The third-order valence-electron chi connectivity index (χ3n) is 8.84. The molecule has 3 aromatic rings. The molecule has 2 amide bonds. The monoisotopic (exact) mass is 585 g/mol. The number of allylic oxidation sites excluding steroid dienone is 2. The number of benzene rings is 2. The third-order valence-corrected chi connectivity index (χ3v) is 9.70. The van der Waals surface area contributed by atoms with E-state index < -0.39 is 23.9 Å². The van der Waals surface area contributed by atoms with Gasteiger partial charge in [-0.05, 0) is 96.5 Å². The minimum absolute atomic E-state index is 0.176. The van der Waals surface area contributed by atoms with Crippen LogP contribution in [0.4, 0.5) is 0 Å². The molecule has 42 heavy (non-hydrogen) atoms. The second-order valence-corrected chi connectivity index (χ2v) is 12.5. The van der Waals surface area contributed by atoms with Crippen molar-refractivity contribution in [2.45, 2.75) is 59.1 Å². The maximum Gasteiger partial charge on any atom is 0.234 e. The van der Waals surface area contributed by atoms with Gasteiger partial charge in [0.05, 0.1) is 31.1 Å². The van der Waals surface area contributed by atoms with Crippen LogP contribution >= 0.6 is 11.3 Å². The summed E-state index contributed by atoms with van der Waals surface area (Å²) >= 11 is 1.51. The van der Waals surface area contributed by atoms with Crippen LogP contribution in [0, 0.1) is 31.6 Å². The van der Waals surface area contributed by atoms with E-state index in [1.165, 1.54) is 16.2 Å². The smallest absolute Gasteiger partial charge is 0.234 e. The van der Waals surface area contributed by atoms with E-state index in [9.17, 15) is 24.9 Å². The lowest BCUT2D eigenvalue weighted by Crippen LogP contribution is -2.39. The highest BCUT2D eigenvalue weighted by Crippen LogP contribution is 2.47. The molecule has 5 rings (SSSR count). The minimum atomic E-state index is -0.859. The number of aliphatic hydroxyl groups is 2. The first-order valence-corrected chi connectivity index (χ1v) is 15.6. The van der Waals surface area contributed by atoms with Gasteiger partial charge in [-0.25, -0.2) is 0 Å². The van der Waals surface area contributed by atoms with Crippen molar-refractivity contribution in [2.75, 3.05) is 6.61 Å². The van der Waals surface area contributed by atoms with Crippen molar-refractivity contribution in [3.8, 4) is 5.75 Å². The molecule has 4 atom stereocenters. The molecule has 3 N–H and O–H groups in total. The molecule has 6 nitrogen and oxygen atoms in total. The number of hydrogen-bond donors (Lipinski definition) is 3. The van der Waals surface area contributed by atoms with Crippen molar-refractivity contribution in [2.24, 2.45) is 17.8 Å². The number of likely N-dealkylation sites (tertiary alicyclic amines) is 1. The molecule has 7 heteroatoms. The van der Waals surface area contributed by atoms with Crippen LogP contribution in [0.3, 0.4) is 0 Å². The van der Waals surface area contributed by atoms with E-state index in [0.717, 1.165) is 43.9 Å². The molecule has 0 spiro atoms. The SMILES string of the molecule is CCC1=C([C@H](O)CC/C(=C/c2cc(C)c(O)c(C)c2)c2ccccc2)[C@H](CO)[C@@H]2C(=O)N(Cc3cccs3)C(=O)[C@@H]2C1. The number of aromatic hydroxyl groups is 1. The zero-order chi connectivity index (χ0) is 30.0. The van der Waals surface area contributed by atoms with Gasteiger partial charge in [-0.2, -0.15) is 0 Å². The normalized spacial score (nSPS) is 21.7. The predicted octanol–water partition coefficient (Wildman–Crippen LogP) is 6.27. The Morgan fingerprint density at radius 1 is 1.07 bits per heavy atom. The van der Waals surface area contributed by atoms with Crippen LogP contribution in [0.1, 0.15) is 59.7 Å². The van der Waals surface area contributed by atoms with Crippen LogP contribution in [-0.2, 0) is 16.1 Å². The van der Waals surface area contributed by atoms with Crippen LogP contribution in [0.25, 0.3) is 11.6 Å². The fraction of sp³-hybridized carbons (Fsp3) is 0.371. The molecule has 2 aromatic carbocycles. The number of rotatable bonds is 10. The average molecular weight is 586 g/mol. The van der Waals surface area contributed by atoms with Gasteiger partial charge in [-0.15, -0.1) is 11.3 Å². The Morgan fingerprint density at radius 3 is 2.40 bits per heavy atom. The topological polar surface area (TPSA) is 98.1 Å². The molecule has 1 aliphatic heterocycles. The highest BCUT2D eigenvalue weighted by molar-refractivity contribution is 7.09. The van der Waals surface area contributed by atoms with E-state index >= 15 is 0 Å². The number of hydrogen-bond acceptors (Lipinski definition) is 6. The van der Waals surface area contributed by atoms with E-state index in [2.05, 4.69) is 6.08 Å². The van der Waals surface area contributed by atoms with Crippen LogP contribution in [0.15, 0.2) is 71.1 Å². The molecular weight excluding hydrogens is 546 g/mol. The maximum absolute atomic E-state index is 13.6. The summed E-state index contributed by atoms with van der Waals surface area (Å²) in [5.74, 6) is -1.88. The van der Waals surface area contributed by atoms with E-state index in [4.69, 9.17) is 0 Å². The standard InChI is InChI=1S/C35H39NO5S/c1-4-24-18-28-32(35(41)36(34(28)40)19-27-11-8-14-42-27)29(20-37)31(24)30(38)13-12-26(25-9-6-5-7-10-25)17-23-15-21(2)33(39)22(3)16-23/h5-11,14-17,28-30,32,37-39H,4,12-13,18-20H2,1-3H3/b26-17-/t28-,29+,30-,32-/m1/s1. The number of amides is 2. The zero-order valence-corrected chi connectivity index (χ0v) is 25.2. The summed E-state index contributed by atoms with van der Waals surface area (Å²) < 4.78 is 0. The van der Waals surface area contributed by atoms with E-state index in [1.54, 1.807) is 0 Å². The molecule has 1 saturated heterocycles. The van der Waals surface area contributed by atoms with Crippen molar-refractivity contribution in [1.82, 2.24) is 4.90 Å². The van der Waals surface area contributed by atoms with Crippen LogP contribution in [0.2, 0.25) is 0 Å². The zero-order valence-electron chi connectivity index (χ0n) is 24.4. The molecule has 0 radical (unpaired) electrons. The van der Waals surface area contributed by atoms with E-state index in [0.29, 0.717) is 31.4 Å². The average Bonchev–Trinajstić information content (AvgIpc) is 3.60. The number of carbonyl (C=O) groups is 2. The first kappa shape index (κ1) is 30.0. The molecule has 0 saturated carbocycles. The fourth-order valence-electron chi connectivity index (χ4n) is 6.75. The molecule has 1 aromatic heterocycles. The van der Waals surface area contributed by atoms with Gasteiger partial charge < -0.3 is 15.3 Å². The number of phenols is 1. The van der Waals surface area contributed by atoms with Crippen LogP contribution in [-0.4, -0.2) is 44.7 Å². The summed E-state index contributed by atoms with van der Waals surface area (Å²) in [6, 6.07) is 17.7. The van der Waals surface area contributed by atoms with E-state index in [1.807, 2.05) is 80.7 Å². The first-order valence-electron chi connectivity index (χ1n) is 14.7. The van der Waals surface area contributed by atoms with Gasteiger partial charge in [0.25, 0.3) is 0 Å². The Balaban J connectivity index is 1.41. The van der Waals surface area contributed by atoms with Crippen LogP contribution in [0.5, 0.6) is 5.75 Å². The van der Waals surface area contributed by atoms with Gasteiger partial charge in [0, 0.05) is 10.8 Å². The number of aliphatic hydroxyl groups excluding tert-OH is 2. The van der Waals surface area contributed by atoms with Crippen LogP contribution < -0.4 is 0 Å². The number of imide groups is 1. The van der Waals surface area contributed by atoms with Crippen molar-refractivity contribution < 1.29 is 24.9 Å². The molecule has 2 heterocycles. The summed E-state index contributed by atoms with van der Waals surface area (Å²) in [6.07, 6.45) is 3.29. The predicted molar refractivity (Wildman–Crippen MR) is 167 cm³/mol. The van der Waals surface area contributed by atoms with Crippen molar-refractivity contribution in [3.63, 3.8) is 0 Å². The lowest BCUT2D eigenvalue weighted by Gasteiger charge is -2.36. The van der Waals surface area contributed by atoms with Gasteiger partial charge in [0.1, 0.15) is 5.75 Å². The summed E-state index contributed by atoms with van der Waals surface area (Å²) in [5, 5.41) is 34.4. The number of nitrogens with zero attached hydrogens (tertiary/aromatic N) is 1. The largest absolute Gasteiger partial charge is 0.507 e. The Kier molecular flexibility index (Phi) is 9.11. The van der Waals surface area contributed by atoms with Gasteiger partial charge in [0.2, 0.25) is 11.8 Å². The lowest BCUT2D eigenvalue weighted by atomic mass is 9.67.